The largest absolute Gasteiger partial charge is 0.494 e. The number of nitrogens with one attached hydrogen (secondary N) is 2. The maximum Gasteiger partial charge on any atom is 0.250 e. The van der Waals surface area contributed by atoms with Crippen LogP contribution in [0.15, 0.2) is 48.5 Å². The average Bonchev–Trinajstić information content (AvgIpc) is 3.53. The number of fused-ring (bicyclic) bond motifs is 1. The van der Waals surface area contributed by atoms with E-state index in [9.17, 15) is 19.5 Å². The van der Waals surface area contributed by atoms with Gasteiger partial charge in [-0.15, -0.1) is 0 Å². The third-order valence-corrected chi connectivity index (χ3v) is 9.27. The van der Waals surface area contributed by atoms with Crippen molar-refractivity contribution in [3.05, 3.63) is 53.6 Å². The van der Waals surface area contributed by atoms with Crippen molar-refractivity contribution in [2.45, 2.75) is 62.2 Å². The zero-order valence-corrected chi connectivity index (χ0v) is 25.5. The molecule has 220 valence electrons. The lowest BCUT2D eigenvalue weighted by Crippen LogP contribution is -2.56. The minimum atomic E-state index is -1.24. The molecule has 0 saturated carbocycles. The molecule has 3 aliphatic rings. The van der Waals surface area contributed by atoms with E-state index in [-0.39, 0.29) is 29.2 Å². The molecule has 3 aliphatic heterocycles. The smallest absolute Gasteiger partial charge is 0.250 e. The summed E-state index contributed by atoms with van der Waals surface area (Å²) in [6.45, 7) is 6.09. The number of hydrogen-bond donors (Lipinski definition) is 3. The second-order valence-corrected chi connectivity index (χ2v) is 12.9. The molecule has 0 aromatic heterocycles. The lowest BCUT2D eigenvalue weighted by Gasteiger charge is -2.37. The van der Waals surface area contributed by atoms with Crippen molar-refractivity contribution in [3.8, 4) is 5.75 Å². The maximum atomic E-state index is 14.3. The molecule has 3 N–H and O–H groups in total. The van der Waals surface area contributed by atoms with E-state index in [4.69, 9.17) is 21.1 Å². The summed E-state index contributed by atoms with van der Waals surface area (Å²) >= 11 is 9.71. The van der Waals surface area contributed by atoms with Crippen LogP contribution >= 0.6 is 27.5 Å². The molecule has 2 aromatic rings. The van der Waals surface area contributed by atoms with Gasteiger partial charge in [0.1, 0.15) is 17.4 Å². The fourth-order valence-electron chi connectivity index (χ4n) is 6.65. The van der Waals surface area contributed by atoms with E-state index in [0.29, 0.717) is 41.6 Å². The monoisotopic (exact) mass is 647 g/mol. The molecule has 7 atom stereocenters. The van der Waals surface area contributed by atoms with Gasteiger partial charge in [-0.05, 0) is 74.2 Å². The van der Waals surface area contributed by atoms with Crippen LogP contribution < -0.4 is 15.4 Å². The Kier molecular flexibility index (Phi) is 8.66. The Balaban J connectivity index is 1.49. The van der Waals surface area contributed by atoms with E-state index in [1.165, 1.54) is 4.90 Å². The molecule has 0 aliphatic carbocycles. The molecular formula is C30H35BrClN3O6. The van der Waals surface area contributed by atoms with Gasteiger partial charge in [0.05, 0.1) is 37.2 Å². The highest BCUT2D eigenvalue weighted by Gasteiger charge is 2.77. The molecule has 3 heterocycles. The van der Waals surface area contributed by atoms with Crippen molar-refractivity contribution in [1.82, 2.24) is 4.90 Å². The van der Waals surface area contributed by atoms with E-state index >= 15 is 0 Å². The van der Waals surface area contributed by atoms with Crippen molar-refractivity contribution in [2.24, 2.45) is 17.8 Å². The molecule has 3 amide bonds. The van der Waals surface area contributed by atoms with E-state index in [2.05, 4.69) is 26.6 Å². The molecule has 3 fully saturated rings. The van der Waals surface area contributed by atoms with Crippen molar-refractivity contribution in [1.29, 1.82) is 0 Å². The molecule has 1 spiro atoms. The number of aliphatic hydroxyl groups is 1. The second-order valence-electron chi connectivity index (χ2n) is 11.3. The molecule has 3 unspecified atom stereocenters. The van der Waals surface area contributed by atoms with Gasteiger partial charge in [-0.2, -0.15) is 0 Å². The number of amides is 3. The van der Waals surface area contributed by atoms with Crippen LogP contribution in [0.1, 0.15) is 33.6 Å². The van der Waals surface area contributed by atoms with Gasteiger partial charge in [-0.1, -0.05) is 41.4 Å². The summed E-state index contributed by atoms with van der Waals surface area (Å²) in [7, 11) is 0. The summed E-state index contributed by atoms with van der Waals surface area (Å²) in [5, 5.41) is 16.8. The summed E-state index contributed by atoms with van der Waals surface area (Å²) < 4.78 is 12.0. The second kappa shape index (κ2) is 11.9. The first-order valence-electron chi connectivity index (χ1n) is 13.9. The number of anilines is 2. The van der Waals surface area contributed by atoms with Gasteiger partial charge in [0.15, 0.2) is 0 Å². The first kappa shape index (κ1) is 29.8. The Morgan fingerprint density at radius 2 is 1.73 bits per heavy atom. The molecule has 3 saturated heterocycles. The van der Waals surface area contributed by atoms with Gasteiger partial charge < -0.3 is 30.1 Å². The third kappa shape index (κ3) is 5.47. The normalized spacial score (nSPS) is 29.0. The number of likely N-dealkylation sites (tertiary alicyclic amines) is 1. The zero-order valence-electron chi connectivity index (χ0n) is 23.2. The van der Waals surface area contributed by atoms with Crippen LogP contribution in [0.2, 0.25) is 5.02 Å². The molecule has 2 aromatic carbocycles. The fourth-order valence-corrected chi connectivity index (χ4v) is 7.72. The molecule has 9 nitrogen and oxygen atoms in total. The van der Waals surface area contributed by atoms with Crippen LogP contribution in [-0.2, 0) is 19.1 Å². The average molecular weight is 649 g/mol. The number of benzene rings is 2. The highest BCUT2D eigenvalue weighted by Crippen LogP contribution is 2.60. The lowest BCUT2D eigenvalue weighted by molar-refractivity contribution is -0.143. The lowest BCUT2D eigenvalue weighted by atomic mass is 9.70. The van der Waals surface area contributed by atoms with E-state index in [1.54, 1.807) is 48.5 Å². The summed E-state index contributed by atoms with van der Waals surface area (Å²) in [4.78, 5) is 43.3. The van der Waals surface area contributed by atoms with Crippen LogP contribution in [-0.4, -0.2) is 69.6 Å². The van der Waals surface area contributed by atoms with Gasteiger partial charge in [-0.25, -0.2) is 0 Å². The Labute approximate surface area is 253 Å². The van der Waals surface area contributed by atoms with Gasteiger partial charge in [0.25, 0.3) is 0 Å². The first-order chi connectivity index (χ1) is 19.6. The van der Waals surface area contributed by atoms with Crippen LogP contribution in [0.25, 0.3) is 0 Å². The van der Waals surface area contributed by atoms with Gasteiger partial charge in [0, 0.05) is 21.2 Å². The van der Waals surface area contributed by atoms with Crippen molar-refractivity contribution in [2.75, 3.05) is 23.8 Å². The number of ether oxygens (including phenoxy) is 2. The minimum absolute atomic E-state index is 0.151. The topological polar surface area (TPSA) is 117 Å². The SMILES string of the molecule is CCOc1ccc(NC(=O)[C@H]2[C@@H]3OC4(CC3Br)C(C(=O)Nc3ccc(Cl)cc3)N([C@@H](CO)CC(C)C)C(=O)[C@H]24)cc1. The molecular weight excluding hydrogens is 614 g/mol. The number of rotatable bonds is 10. The van der Waals surface area contributed by atoms with Gasteiger partial charge >= 0.3 is 0 Å². The Bertz CT molecular complexity index is 1290. The standard InChI is InChI=1S/C30H35BrClN3O6/c1-4-40-21-11-9-19(10-12-21)33-27(37)23-24-29(39)35(20(15-36)13-16(2)3)26(30(24)14-22(31)25(23)41-30)28(38)34-18-7-5-17(32)6-8-18/h5-12,16,20,22-26,36H,4,13-15H2,1-3H3,(H,33,37)(H,34,38)/t20-,22?,23-,24+,25-,26?,30?/m1/s1. The van der Waals surface area contributed by atoms with Gasteiger partial charge in [0.2, 0.25) is 17.7 Å². The summed E-state index contributed by atoms with van der Waals surface area (Å²) in [6, 6.07) is 12.1. The number of aliphatic hydroxyl groups excluding tert-OH is 1. The van der Waals surface area contributed by atoms with Crippen LogP contribution in [0.3, 0.4) is 0 Å². The predicted octanol–water partition coefficient (Wildman–Crippen LogP) is 4.47. The van der Waals surface area contributed by atoms with E-state index < -0.39 is 41.5 Å². The molecule has 5 rings (SSSR count). The van der Waals surface area contributed by atoms with Gasteiger partial charge in [-0.3, -0.25) is 14.4 Å². The van der Waals surface area contributed by atoms with E-state index in [1.807, 2.05) is 20.8 Å². The van der Waals surface area contributed by atoms with Crippen molar-refractivity contribution < 1.29 is 29.0 Å². The Hall–Kier alpha value is -2.66. The predicted molar refractivity (Wildman–Crippen MR) is 159 cm³/mol. The number of halogens is 2. The van der Waals surface area contributed by atoms with Crippen molar-refractivity contribution >= 4 is 56.6 Å². The maximum absolute atomic E-state index is 14.3. The molecule has 11 heteroatoms. The molecule has 0 radical (unpaired) electrons. The summed E-state index contributed by atoms with van der Waals surface area (Å²) in [6.07, 6.45) is 0.257. The minimum Gasteiger partial charge on any atom is -0.494 e. The quantitative estimate of drug-likeness (QED) is 0.328. The Morgan fingerprint density at radius 1 is 1.12 bits per heavy atom. The van der Waals surface area contributed by atoms with Crippen molar-refractivity contribution in [3.63, 3.8) is 0 Å². The zero-order chi connectivity index (χ0) is 29.5. The number of hydrogen-bond acceptors (Lipinski definition) is 6. The van der Waals surface area contributed by atoms with Crippen LogP contribution in [0.5, 0.6) is 5.75 Å². The molecule has 41 heavy (non-hydrogen) atoms. The van der Waals surface area contributed by atoms with Crippen LogP contribution in [0, 0.1) is 17.8 Å². The molecule has 2 bridgehead atoms. The summed E-state index contributed by atoms with van der Waals surface area (Å²) in [5.41, 5.74) is -0.157. The first-order valence-corrected chi connectivity index (χ1v) is 15.2. The number of carbonyl (C=O) groups excluding carboxylic acids is 3. The highest BCUT2D eigenvalue weighted by atomic mass is 79.9. The number of carbonyl (C=O) groups is 3. The fraction of sp³-hybridized carbons (Fsp3) is 0.500. The number of nitrogens with zero attached hydrogens (tertiary/aromatic N) is 1. The number of alkyl halides is 1. The Morgan fingerprint density at radius 3 is 2.32 bits per heavy atom. The van der Waals surface area contributed by atoms with E-state index in [0.717, 1.165) is 0 Å². The third-order valence-electron chi connectivity index (χ3n) is 8.17. The highest BCUT2D eigenvalue weighted by molar-refractivity contribution is 9.09. The van der Waals surface area contributed by atoms with Crippen LogP contribution in [0.4, 0.5) is 11.4 Å². The summed E-state index contributed by atoms with van der Waals surface area (Å²) in [5.74, 6) is -2.02.